The van der Waals surface area contributed by atoms with Gasteiger partial charge < -0.3 is 4.74 Å². The maximum atomic E-state index is 12.0. The summed E-state index contributed by atoms with van der Waals surface area (Å²) >= 11 is 0. The average molecular weight is 373 g/mol. The Morgan fingerprint density at radius 1 is 1.22 bits per heavy atom. The second-order valence-corrected chi connectivity index (χ2v) is 9.14. The van der Waals surface area contributed by atoms with Crippen LogP contribution in [-0.4, -0.2) is 41.2 Å². The molecule has 130 valence electrons. The molecular weight excluding hydrogens is 359 g/mol. The molecule has 23 heavy (non-hydrogen) atoms. The molecule has 1 aliphatic rings. The van der Waals surface area contributed by atoms with Crippen molar-refractivity contribution < 1.29 is 34.7 Å². The molecule has 1 saturated heterocycles. The Hall–Kier alpha value is -1.33. The van der Waals surface area contributed by atoms with Gasteiger partial charge in [-0.3, -0.25) is 0 Å². The van der Waals surface area contributed by atoms with Crippen LogP contribution in [0.15, 0.2) is 29.2 Å². The van der Waals surface area contributed by atoms with E-state index in [2.05, 4.69) is 9.46 Å². The number of rotatable bonds is 5. The Morgan fingerprint density at radius 3 is 2.30 bits per heavy atom. The lowest BCUT2D eigenvalue weighted by molar-refractivity contribution is -0.274. The van der Waals surface area contributed by atoms with Crippen molar-refractivity contribution in [1.29, 1.82) is 0 Å². The zero-order chi connectivity index (χ0) is 17.3. The van der Waals surface area contributed by atoms with Crippen LogP contribution < -0.4 is 9.46 Å². The molecule has 1 aromatic carbocycles. The minimum absolute atomic E-state index is 0.0306. The minimum Gasteiger partial charge on any atom is -0.406 e. The standard InChI is InChI=1S/C12H14F3NO5S2/c13-12(14,15)21-10-1-3-11(4-2-10)23(19,20)16-7-9-5-6-22(17,18)8-9/h1-4,9,16H,5-8H2. The van der Waals surface area contributed by atoms with Crippen LogP contribution in [-0.2, 0) is 19.9 Å². The number of ether oxygens (including phenoxy) is 1. The van der Waals surface area contributed by atoms with Gasteiger partial charge in [0.15, 0.2) is 9.84 Å². The monoisotopic (exact) mass is 373 g/mol. The van der Waals surface area contributed by atoms with E-state index < -0.39 is 32.0 Å². The molecule has 0 radical (unpaired) electrons. The van der Waals surface area contributed by atoms with Gasteiger partial charge in [-0.05, 0) is 36.6 Å². The van der Waals surface area contributed by atoms with Gasteiger partial charge in [0.25, 0.3) is 0 Å². The highest BCUT2D eigenvalue weighted by Gasteiger charge is 2.31. The first-order valence-electron chi connectivity index (χ1n) is 6.53. The molecule has 1 N–H and O–H groups in total. The summed E-state index contributed by atoms with van der Waals surface area (Å²) in [6.07, 6.45) is -4.48. The molecule has 0 bridgehead atoms. The highest BCUT2D eigenvalue weighted by molar-refractivity contribution is 7.91. The SMILES string of the molecule is O=S1(=O)CCC(CNS(=O)(=O)c2ccc(OC(F)(F)F)cc2)C1. The van der Waals surface area contributed by atoms with Crippen molar-refractivity contribution in [2.45, 2.75) is 17.7 Å². The van der Waals surface area contributed by atoms with Crippen molar-refractivity contribution in [2.24, 2.45) is 5.92 Å². The van der Waals surface area contributed by atoms with Crippen LogP contribution in [0.3, 0.4) is 0 Å². The van der Waals surface area contributed by atoms with Crippen molar-refractivity contribution in [1.82, 2.24) is 4.72 Å². The van der Waals surface area contributed by atoms with Crippen LogP contribution in [0.2, 0.25) is 0 Å². The number of sulfonamides is 1. The highest BCUT2D eigenvalue weighted by atomic mass is 32.2. The highest BCUT2D eigenvalue weighted by Crippen LogP contribution is 2.24. The van der Waals surface area contributed by atoms with Crippen LogP contribution in [0.5, 0.6) is 5.75 Å². The predicted octanol–water partition coefficient (Wildman–Crippen LogP) is 1.30. The Bertz CT molecular complexity index is 757. The molecule has 0 amide bonds. The molecule has 1 atom stereocenters. The number of alkyl halides is 3. The molecule has 6 nitrogen and oxygen atoms in total. The summed E-state index contributed by atoms with van der Waals surface area (Å²) in [6.45, 7) is -0.0393. The van der Waals surface area contributed by atoms with Crippen LogP contribution >= 0.6 is 0 Å². The zero-order valence-electron chi connectivity index (χ0n) is 11.7. The molecule has 1 heterocycles. The molecule has 0 saturated carbocycles. The predicted molar refractivity (Wildman–Crippen MR) is 75.1 cm³/mol. The topological polar surface area (TPSA) is 89.5 Å². The zero-order valence-corrected chi connectivity index (χ0v) is 13.3. The first kappa shape index (κ1) is 18.0. The third-order valence-corrected chi connectivity index (χ3v) is 6.53. The summed E-state index contributed by atoms with van der Waals surface area (Å²) in [5, 5.41) is 0. The molecule has 1 aliphatic heterocycles. The smallest absolute Gasteiger partial charge is 0.406 e. The Labute approximate surface area is 131 Å². The lowest BCUT2D eigenvalue weighted by atomic mass is 10.1. The van der Waals surface area contributed by atoms with Crippen molar-refractivity contribution in [3.8, 4) is 5.75 Å². The first-order chi connectivity index (χ1) is 10.5. The fourth-order valence-electron chi connectivity index (χ4n) is 2.16. The molecule has 0 spiro atoms. The van der Waals surface area contributed by atoms with Gasteiger partial charge >= 0.3 is 6.36 Å². The molecule has 11 heteroatoms. The van der Waals surface area contributed by atoms with Crippen molar-refractivity contribution in [3.63, 3.8) is 0 Å². The van der Waals surface area contributed by atoms with E-state index in [1.54, 1.807) is 0 Å². The summed E-state index contributed by atoms with van der Waals surface area (Å²) in [7, 11) is -7.04. The second kappa shape index (κ2) is 6.29. The summed E-state index contributed by atoms with van der Waals surface area (Å²) in [5.41, 5.74) is 0. The van der Waals surface area contributed by atoms with Gasteiger partial charge in [-0.1, -0.05) is 0 Å². The fourth-order valence-corrected chi connectivity index (χ4v) is 5.14. The first-order valence-corrected chi connectivity index (χ1v) is 9.83. The number of hydrogen-bond donors (Lipinski definition) is 1. The number of halogens is 3. The average Bonchev–Trinajstić information content (AvgIpc) is 2.75. The molecular formula is C12H14F3NO5S2. The Kier molecular flexibility index (Phi) is 4.92. The quantitative estimate of drug-likeness (QED) is 0.840. The molecule has 1 aromatic rings. The van der Waals surface area contributed by atoms with E-state index in [1.165, 1.54) is 0 Å². The Morgan fingerprint density at radius 2 is 1.83 bits per heavy atom. The summed E-state index contributed by atoms with van der Waals surface area (Å²) in [6, 6.07) is 3.74. The van der Waals surface area contributed by atoms with Gasteiger partial charge in [-0.2, -0.15) is 0 Å². The van der Waals surface area contributed by atoms with Gasteiger partial charge in [0, 0.05) is 6.54 Å². The molecule has 0 aromatic heterocycles. The molecule has 2 rings (SSSR count). The lowest BCUT2D eigenvalue weighted by Gasteiger charge is -2.12. The van der Waals surface area contributed by atoms with Crippen molar-refractivity contribution in [2.75, 3.05) is 18.1 Å². The van der Waals surface area contributed by atoms with E-state index in [0.29, 0.717) is 6.42 Å². The maximum absolute atomic E-state index is 12.0. The van der Waals surface area contributed by atoms with Gasteiger partial charge in [0.1, 0.15) is 5.75 Å². The normalized spacial score (nSPS) is 21.3. The van der Waals surface area contributed by atoms with E-state index >= 15 is 0 Å². The fraction of sp³-hybridized carbons (Fsp3) is 0.500. The van der Waals surface area contributed by atoms with E-state index in [4.69, 9.17) is 0 Å². The van der Waals surface area contributed by atoms with Crippen LogP contribution in [0.25, 0.3) is 0 Å². The minimum atomic E-state index is -4.85. The van der Waals surface area contributed by atoms with Crippen molar-refractivity contribution in [3.05, 3.63) is 24.3 Å². The van der Waals surface area contributed by atoms with Gasteiger partial charge in [-0.15, -0.1) is 13.2 Å². The maximum Gasteiger partial charge on any atom is 0.573 e. The van der Waals surface area contributed by atoms with Crippen molar-refractivity contribution >= 4 is 19.9 Å². The van der Waals surface area contributed by atoms with Crippen LogP contribution in [0.4, 0.5) is 13.2 Å². The second-order valence-electron chi connectivity index (χ2n) is 5.14. The van der Waals surface area contributed by atoms with Crippen LogP contribution in [0, 0.1) is 5.92 Å². The number of hydrogen-bond acceptors (Lipinski definition) is 5. The van der Waals surface area contributed by atoms with Gasteiger partial charge in [0.2, 0.25) is 10.0 Å². The molecule has 1 unspecified atom stereocenters. The molecule has 1 fully saturated rings. The number of sulfone groups is 1. The van der Waals surface area contributed by atoms with E-state index in [9.17, 15) is 30.0 Å². The van der Waals surface area contributed by atoms with E-state index in [0.717, 1.165) is 24.3 Å². The van der Waals surface area contributed by atoms with E-state index in [1.807, 2.05) is 0 Å². The van der Waals surface area contributed by atoms with Gasteiger partial charge in [-0.25, -0.2) is 21.6 Å². The van der Waals surface area contributed by atoms with Crippen LogP contribution in [0.1, 0.15) is 6.42 Å². The largest absolute Gasteiger partial charge is 0.573 e. The Balaban J connectivity index is 1.99. The third kappa shape index (κ3) is 5.36. The summed E-state index contributed by atoms with van der Waals surface area (Å²) in [4.78, 5) is -0.229. The lowest BCUT2D eigenvalue weighted by Crippen LogP contribution is -2.30. The number of nitrogens with one attached hydrogen (secondary N) is 1. The number of benzene rings is 1. The summed E-state index contributed by atoms with van der Waals surface area (Å²) < 4.78 is 88.7. The van der Waals surface area contributed by atoms with E-state index in [-0.39, 0.29) is 28.9 Å². The third-order valence-electron chi connectivity index (χ3n) is 3.26. The molecule has 0 aliphatic carbocycles. The van der Waals surface area contributed by atoms with Gasteiger partial charge in [0.05, 0.1) is 16.4 Å². The summed E-state index contributed by atoms with van der Waals surface area (Å²) in [5.74, 6) is -0.877.